The van der Waals surface area contributed by atoms with E-state index in [1.165, 1.54) is 6.42 Å². The second kappa shape index (κ2) is 16.6. The van der Waals surface area contributed by atoms with E-state index in [1.54, 1.807) is 12.0 Å². The zero-order valence-electron chi connectivity index (χ0n) is 29.7. The molecule has 4 rings (SSSR count). The van der Waals surface area contributed by atoms with Gasteiger partial charge in [-0.3, -0.25) is 14.6 Å². The number of guanidine groups is 1. The Morgan fingerprint density at radius 1 is 1.07 bits per heavy atom. The maximum absolute atomic E-state index is 14.1. The number of carbonyl (C=O) groups excluding carboxylic acids is 1. The first kappa shape index (κ1) is 36.4. The van der Waals surface area contributed by atoms with Crippen molar-refractivity contribution in [2.24, 2.45) is 28.7 Å². The van der Waals surface area contributed by atoms with Gasteiger partial charge in [0, 0.05) is 55.9 Å². The van der Waals surface area contributed by atoms with Crippen molar-refractivity contribution in [1.29, 1.82) is 0 Å². The van der Waals surface area contributed by atoms with Crippen molar-refractivity contribution in [3.63, 3.8) is 0 Å². The third kappa shape index (κ3) is 8.94. The zero-order valence-corrected chi connectivity index (χ0v) is 29.7. The highest BCUT2D eigenvalue weighted by Gasteiger charge is 2.50. The van der Waals surface area contributed by atoms with E-state index < -0.39 is 24.2 Å². The van der Waals surface area contributed by atoms with E-state index in [2.05, 4.69) is 93.2 Å². The molecule has 10 nitrogen and oxygen atoms in total. The highest BCUT2D eigenvalue weighted by atomic mass is 16.7. The Hall–Kier alpha value is -2.40. The molecule has 2 aliphatic heterocycles. The number of hydroxylamine groups is 2. The van der Waals surface area contributed by atoms with Gasteiger partial charge in [0.1, 0.15) is 12.1 Å². The van der Waals surface area contributed by atoms with Crippen molar-refractivity contribution >= 4 is 17.6 Å². The zero-order chi connectivity index (χ0) is 33.5. The summed E-state index contributed by atoms with van der Waals surface area (Å²) < 4.78 is 0. The second-order valence-electron chi connectivity index (χ2n) is 14.5. The van der Waals surface area contributed by atoms with Crippen molar-refractivity contribution in [3.8, 4) is 0 Å². The first-order valence-electron chi connectivity index (χ1n) is 17.9. The van der Waals surface area contributed by atoms with E-state index in [1.807, 2.05) is 0 Å². The van der Waals surface area contributed by atoms with Crippen LogP contribution in [-0.2, 0) is 16.2 Å². The monoisotopic (exact) mass is 642 g/mol. The molecule has 4 N–H and O–H groups in total. The molecular formula is C36H62N6O4. The fourth-order valence-electron chi connectivity index (χ4n) is 7.77. The molecule has 1 saturated carbocycles. The summed E-state index contributed by atoms with van der Waals surface area (Å²) in [5, 5.41) is 29.7. The molecule has 46 heavy (non-hydrogen) atoms. The average molecular weight is 643 g/mol. The molecule has 0 bridgehead atoms. The number of amides is 1. The largest absolute Gasteiger partial charge is 0.394 e. The van der Waals surface area contributed by atoms with E-state index >= 15 is 0 Å². The number of hydrogen-bond acceptors (Lipinski definition) is 7. The van der Waals surface area contributed by atoms with Crippen molar-refractivity contribution in [2.75, 3.05) is 37.7 Å². The average Bonchev–Trinajstić information content (AvgIpc) is 3.40. The van der Waals surface area contributed by atoms with Gasteiger partial charge >= 0.3 is 0 Å². The van der Waals surface area contributed by atoms with Gasteiger partial charge in [0.25, 0.3) is 0 Å². The van der Waals surface area contributed by atoms with Crippen molar-refractivity contribution in [1.82, 2.24) is 20.6 Å². The van der Waals surface area contributed by atoms with Crippen molar-refractivity contribution < 1.29 is 19.8 Å². The predicted molar refractivity (Wildman–Crippen MR) is 185 cm³/mol. The number of benzene rings is 1. The number of rotatable bonds is 11. The molecule has 1 aliphatic carbocycles. The molecular weight excluding hydrogens is 580 g/mol. The summed E-state index contributed by atoms with van der Waals surface area (Å²) in [6.07, 6.45) is 2.95. The molecule has 2 saturated heterocycles. The summed E-state index contributed by atoms with van der Waals surface area (Å²) in [5.41, 5.74) is 2.15. The van der Waals surface area contributed by atoms with Crippen LogP contribution in [0.5, 0.6) is 0 Å². The van der Waals surface area contributed by atoms with Crippen molar-refractivity contribution in [3.05, 3.63) is 29.8 Å². The third-order valence-electron chi connectivity index (χ3n) is 10.4. The Labute approximate surface area is 277 Å². The summed E-state index contributed by atoms with van der Waals surface area (Å²) in [5.74, 6) is 1.89. The van der Waals surface area contributed by atoms with Crippen LogP contribution in [0.2, 0.25) is 0 Å². The summed E-state index contributed by atoms with van der Waals surface area (Å²) in [6, 6.07) is 8.35. The van der Waals surface area contributed by atoms with Gasteiger partial charge in [-0.05, 0) is 82.9 Å². The van der Waals surface area contributed by atoms with Crippen LogP contribution in [0.4, 0.5) is 5.69 Å². The Bertz CT molecular complexity index is 1140. The molecule has 3 aliphatic rings. The summed E-state index contributed by atoms with van der Waals surface area (Å²) in [6.45, 7) is 20.6. The number of piperazine rings is 1. The summed E-state index contributed by atoms with van der Waals surface area (Å²) in [7, 11) is 0. The van der Waals surface area contributed by atoms with Crippen LogP contribution in [0.1, 0.15) is 86.6 Å². The highest BCUT2D eigenvalue weighted by molar-refractivity contribution is 5.83. The lowest BCUT2D eigenvalue weighted by Crippen LogP contribution is -2.54. The number of nitrogens with zero attached hydrogens (tertiary/aromatic N) is 4. The van der Waals surface area contributed by atoms with Gasteiger partial charge in [0.15, 0.2) is 5.96 Å². The molecule has 0 radical (unpaired) electrons. The maximum atomic E-state index is 14.1. The highest BCUT2D eigenvalue weighted by Crippen LogP contribution is 2.38. The number of aliphatic hydroxyl groups excluding tert-OH is 2. The molecule has 10 heteroatoms. The van der Waals surface area contributed by atoms with E-state index in [4.69, 9.17) is 9.83 Å². The summed E-state index contributed by atoms with van der Waals surface area (Å²) >= 11 is 0. The quantitative estimate of drug-likeness (QED) is 0.212. The third-order valence-corrected chi connectivity index (χ3v) is 10.4. The Morgan fingerprint density at radius 2 is 1.78 bits per heavy atom. The Balaban J connectivity index is 1.48. The van der Waals surface area contributed by atoms with Crippen LogP contribution in [0.3, 0.4) is 0 Å². The fourth-order valence-corrected chi connectivity index (χ4v) is 7.77. The normalized spacial score (nSPS) is 30.3. The molecule has 3 fully saturated rings. The topological polar surface area (TPSA) is 113 Å². The first-order valence-corrected chi connectivity index (χ1v) is 17.9. The van der Waals surface area contributed by atoms with Crippen LogP contribution in [0.15, 0.2) is 29.3 Å². The Kier molecular flexibility index (Phi) is 13.2. The molecule has 2 unspecified atom stereocenters. The van der Waals surface area contributed by atoms with Gasteiger partial charge < -0.3 is 30.6 Å². The molecule has 0 aromatic heterocycles. The molecule has 1 amide bonds. The number of anilines is 1. The van der Waals surface area contributed by atoms with Gasteiger partial charge in [-0.15, -0.1) is 0 Å². The summed E-state index contributed by atoms with van der Waals surface area (Å²) in [4.78, 5) is 29.9. The van der Waals surface area contributed by atoms with E-state index in [9.17, 15) is 15.0 Å². The maximum Gasteiger partial charge on any atom is 0.240 e. The predicted octanol–water partition coefficient (Wildman–Crippen LogP) is 4.01. The molecule has 1 aromatic carbocycles. The van der Waals surface area contributed by atoms with Crippen LogP contribution < -0.4 is 15.5 Å². The van der Waals surface area contributed by atoms with E-state index in [0.717, 1.165) is 62.7 Å². The van der Waals surface area contributed by atoms with Gasteiger partial charge in [-0.1, -0.05) is 45.7 Å². The number of aliphatic imine (C=N–C) groups is 1. The van der Waals surface area contributed by atoms with Gasteiger partial charge in [-0.2, -0.15) is 5.06 Å². The number of hydrogen-bond donors (Lipinski definition) is 4. The number of carbonyl (C=O) groups is 1. The van der Waals surface area contributed by atoms with Gasteiger partial charge in [0.05, 0.1) is 19.3 Å². The van der Waals surface area contributed by atoms with E-state index in [-0.39, 0.29) is 24.6 Å². The van der Waals surface area contributed by atoms with Crippen molar-refractivity contribution in [2.45, 2.75) is 124 Å². The molecule has 260 valence electrons. The lowest BCUT2D eigenvalue weighted by Gasteiger charge is -2.41. The lowest BCUT2D eigenvalue weighted by atomic mass is 9.70. The minimum atomic E-state index is -0.814. The van der Waals surface area contributed by atoms with Gasteiger partial charge in [-0.25, -0.2) is 0 Å². The minimum absolute atomic E-state index is 0.0876. The minimum Gasteiger partial charge on any atom is -0.394 e. The second-order valence-corrected chi connectivity index (χ2v) is 14.5. The lowest BCUT2D eigenvalue weighted by molar-refractivity contribution is -0.182. The van der Waals surface area contributed by atoms with Gasteiger partial charge in [0.2, 0.25) is 5.91 Å². The Morgan fingerprint density at radius 3 is 2.37 bits per heavy atom. The molecule has 0 spiro atoms. The number of aliphatic hydroxyl groups is 2. The van der Waals surface area contributed by atoms with Crippen LogP contribution in [0, 0.1) is 23.7 Å². The fraction of sp³-hybridized carbons (Fsp3) is 0.778. The molecule has 1 aromatic rings. The first-order chi connectivity index (χ1) is 21.9. The SMILES string of the molecule is CC[C@H]1CC(NC(=O)[C@@H]2[C@H]([C@H](C)O)C(CO)ON2Cc2cccc(N3CCN(C(=NC(C)C)NC(C)C)CC3)c2)[C@@H](C)[C@@H](CC)C1. The standard InChI is InChI=1S/C36H62N6O4/c1-9-27-18-29(10-2)25(7)31(20-27)39-35(45)34-33(26(8)44)32(22-43)46-42(34)21-28-12-11-13-30(19-28)40-14-16-41(17-15-40)36(37-23(3)4)38-24(5)6/h11-13,19,23-27,29,31-34,43-44H,9-10,14-18,20-22H2,1-8H3,(H,37,38)(H,39,45)/t25-,26-,27+,29-,31?,32?,33+,34-/m0/s1. The smallest absolute Gasteiger partial charge is 0.240 e. The van der Waals surface area contributed by atoms with Crippen LogP contribution >= 0.6 is 0 Å². The van der Waals surface area contributed by atoms with Crippen LogP contribution in [-0.4, -0.2) is 101 Å². The van der Waals surface area contributed by atoms with E-state index in [0.29, 0.717) is 30.3 Å². The number of nitrogens with one attached hydrogen (secondary N) is 2. The molecule has 8 atom stereocenters. The van der Waals surface area contributed by atoms with Crippen LogP contribution in [0.25, 0.3) is 0 Å². The molecule has 2 heterocycles.